The first kappa shape index (κ1) is 13.2. The van der Waals surface area contributed by atoms with Crippen LogP contribution in [0.15, 0.2) is 24.3 Å². The molecule has 1 aliphatic rings. The fourth-order valence-corrected chi connectivity index (χ4v) is 2.47. The monoisotopic (exact) mass is 251 g/mol. The Balaban J connectivity index is 1.94. The minimum atomic E-state index is -0.170. The molecule has 1 aromatic rings. The Labute approximate surface area is 108 Å². The van der Waals surface area contributed by atoms with Crippen molar-refractivity contribution in [3.8, 4) is 11.5 Å². The fourth-order valence-electron chi connectivity index (χ4n) is 2.47. The van der Waals surface area contributed by atoms with Gasteiger partial charge in [-0.15, -0.1) is 0 Å². The average molecular weight is 251 g/mol. The summed E-state index contributed by atoms with van der Waals surface area (Å²) in [6, 6.07) is 7.61. The van der Waals surface area contributed by atoms with E-state index in [1.54, 1.807) is 7.11 Å². The Hall–Kier alpha value is -1.26. The number of aliphatic hydroxyl groups is 1. The second kappa shape index (κ2) is 5.59. The Morgan fingerprint density at radius 1 is 1.33 bits per heavy atom. The summed E-state index contributed by atoms with van der Waals surface area (Å²) in [6.07, 6.45) is 2.92. The van der Waals surface area contributed by atoms with Crippen LogP contribution in [0.2, 0.25) is 0 Å². The minimum absolute atomic E-state index is 0.159. The van der Waals surface area contributed by atoms with Crippen LogP contribution in [0.3, 0.4) is 0 Å². The Bertz CT molecular complexity index is 373. The Morgan fingerprint density at radius 3 is 2.50 bits per heavy atom. The van der Waals surface area contributed by atoms with Gasteiger partial charge in [-0.2, -0.15) is 0 Å². The molecule has 0 aliphatic heterocycles. The topological polar surface area (TPSA) is 50.7 Å². The first-order valence-corrected chi connectivity index (χ1v) is 6.32. The number of benzene rings is 1. The van der Waals surface area contributed by atoms with Crippen molar-refractivity contribution in [2.75, 3.05) is 20.8 Å². The number of nitrogens with one attached hydrogen (secondary N) is 1. The van der Waals surface area contributed by atoms with Crippen molar-refractivity contribution in [3.63, 3.8) is 0 Å². The quantitative estimate of drug-likeness (QED) is 0.834. The normalized spacial score (nSPS) is 27.2. The lowest BCUT2D eigenvalue weighted by Crippen LogP contribution is -2.44. The van der Waals surface area contributed by atoms with E-state index in [2.05, 4.69) is 5.32 Å². The molecule has 0 aromatic heterocycles. The average Bonchev–Trinajstić information content (AvgIpc) is 2.84. The second-order valence-corrected chi connectivity index (χ2v) is 4.85. The third kappa shape index (κ3) is 2.76. The van der Waals surface area contributed by atoms with Crippen molar-refractivity contribution in [3.05, 3.63) is 24.3 Å². The third-order valence-electron chi connectivity index (χ3n) is 3.76. The van der Waals surface area contributed by atoms with Gasteiger partial charge in [-0.1, -0.05) is 0 Å². The maximum Gasteiger partial charge on any atom is 0.119 e. The molecule has 2 rings (SSSR count). The van der Waals surface area contributed by atoms with Crippen molar-refractivity contribution in [2.45, 2.75) is 30.9 Å². The van der Waals surface area contributed by atoms with Crippen molar-refractivity contribution in [2.24, 2.45) is 0 Å². The van der Waals surface area contributed by atoms with E-state index in [1.807, 2.05) is 31.3 Å². The van der Waals surface area contributed by atoms with Gasteiger partial charge in [-0.05, 0) is 44.2 Å². The zero-order valence-corrected chi connectivity index (χ0v) is 11.0. The molecule has 2 N–H and O–H groups in total. The fraction of sp³-hybridized carbons (Fsp3) is 0.571. The summed E-state index contributed by atoms with van der Waals surface area (Å²) in [7, 11) is 3.54. The molecule has 0 spiro atoms. The van der Waals surface area contributed by atoms with Gasteiger partial charge in [0.1, 0.15) is 17.6 Å². The summed E-state index contributed by atoms with van der Waals surface area (Å²) in [5.41, 5.74) is -0.170. The molecule has 1 aliphatic carbocycles. The highest BCUT2D eigenvalue weighted by atomic mass is 16.5. The van der Waals surface area contributed by atoms with Gasteiger partial charge in [0, 0.05) is 12.0 Å². The largest absolute Gasteiger partial charge is 0.497 e. The predicted octanol–water partition coefficient (Wildman–Crippen LogP) is 1.58. The van der Waals surface area contributed by atoms with Gasteiger partial charge in [0.2, 0.25) is 0 Å². The van der Waals surface area contributed by atoms with Gasteiger partial charge in [-0.25, -0.2) is 0 Å². The number of hydrogen-bond acceptors (Lipinski definition) is 4. The lowest BCUT2D eigenvalue weighted by molar-refractivity contribution is 0.146. The van der Waals surface area contributed by atoms with Crippen LogP contribution in [0.5, 0.6) is 11.5 Å². The molecule has 0 saturated heterocycles. The highest BCUT2D eigenvalue weighted by Crippen LogP contribution is 2.32. The maximum atomic E-state index is 9.43. The van der Waals surface area contributed by atoms with Crippen LogP contribution >= 0.6 is 0 Å². The molecule has 4 nitrogen and oxygen atoms in total. The molecule has 100 valence electrons. The van der Waals surface area contributed by atoms with E-state index >= 15 is 0 Å². The van der Waals surface area contributed by atoms with Crippen LogP contribution in [0.4, 0.5) is 0 Å². The van der Waals surface area contributed by atoms with Gasteiger partial charge in [-0.3, -0.25) is 0 Å². The standard InChI is InChI=1S/C14H21NO3/c1-15-14(10-16)8-7-13(9-14)18-12-5-3-11(17-2)4-6-12/h3-6,13,15-16H,7-10H2,1-2H3. The van der Waals surface area contributed by atoms with Crippen LogP contribution in [0.1, 0.15) is 19.3 Å². The zero-order valence-electron chi connectivity index (χ0n) is 11.0. The first-order valence-electron chi connectivity index (χ1n) is 6.32. The number of hydrogen-bond donors (Lipinski definition) is 2. The highest BCUT2D eigenvalue weighted by molar-refractivity contribution is 5.31. The SMILES string of the molecule is CNC1(CO)CCC(Oc2ccc(OC)cc2)C1. The molecular weight excluding hydrogens is 230 g/mol. The molecule has 2 unspecified atom stereocenters. The first-order chi connectivity index (χ1) is 8.71. The maximum absolute atomic E-state index is 9.43. The Morgan fingerprint density at radius 2 is 2.00 bits per heavy atom. The van der Waals surface area contributed by atoms with Crippen molar-refractivity contribution in [1.82, 2.24) is 5.32 Å². The molecular formula is C14H21NO3. The van der Waals surface area contributed by atoms with E-state index in [9.17, 15) is 5.11 Å². The molecule has 4 heteroatoms. The van der Waals surface area contributed by atoms with Crippen LogP contribution in [-0.4, -0.2) is 37.5 Å². The van der Waals surface area contributed by atoms with Crippen molar-refractivity contribution in [1.29, 1.82) is 0 Å². The van der Waals surface area contributed by atoms with Crippen LogP contribution < -0.4 is 14.8 Å². The Kier molecular flexibility index (Phi) is 4.09. The summed E-state index contributed by atoms with van der Waals surface area (Å²) < 4.78 is 11.0. The molecule has 0 radical (unpaired) electrons. The lowest BCUT2D eigenvalue weighted by atomic mass is 9.99. The summed E-state index contributed by atoms with van der Waals surface area (Å²) in [5.74, 6) is 1.68. The van der Waals surface area contributed by atoms with Crippen molar-refractivity contribution < 1.29 is 14.6 Å². The summed E-state index contributed by atoms with van der Waals surface area (Å²) in [4.78, 5) is 0. The van der Waals surface area contributed by atoms with E-state index in [1.165, 1.54) is 0 Å². The van der Waals surface area contributed by atoms with Crippen LogP contribution in [0, 0.1) is 0 Å². The van der Waals surface area contributed by atoms with Crippen molar-refractivity contribution >= 4 is 0 Å². The molecule has 0 heterocycles. The van der Waals surface area contributed by atoms with Gasteiger partial charge >= 0.3 is 0 Å². The van der Waals surface area contributed by atoms with E-state index in [-0.39, 0.29) is 18.2 Å². The molecule has 2 atom stereocenters. The van der Waals surface area contributed by atoms with Gasteiger partial charge in [0.15, 0.2) is 0 Å². The second-order valence-electron chi connectivity index (χ2n) is 4.85. The summed E-state index contributed by atoms with van der Waals surface area (Å²) >= 11 is 0. The number of likely N-dealkylation sites (N-methyl/N-ethyl adjacent to an activating group) is 1. The molecule has 18 heavy (non-hydrogen) atoms. The third-order valence-corrected chi connectivity index (χ3v) is 3.76. The number of ether oxygens (including phenoxy) is 2. The number of methoxy groups -OCH3 is 1. The predicted molar refractivity (Wildman–Crippen MR) is 70.1 cm³/mol. The number of rotatable bonds is 5. The number of aliphatic hydroxyl groups excluding tert-OH is 1. The van der Waals surface area contributed by atoms with E-state index in [0.29, 0.717) is 0 Å². The van der Waals surface area contributed by atoms with E-state index in [4.69, 9.17) is 9.47 Å². The van der Waals surface area contributed by atoms with E-state index in [0.717, 1.165) is 30.8 Å². The lowest BCUT2D eigenvalue weighted by Gasteiger charge is -2.26. The van der Waals surface area contributed by atoms with Crippen LogP contribution in [0.25, 0.3) is 0 Å². The molecule has 1 fully saturated rings. The zero-order chi connectivity index (χ0) is 13.0. The van der Waals surface area contributed by atoms with Gasteiger partial charge in [0.05, 0.1) is 13.7 Å². The van der Waals surface area contributed by atoms with Gasteiger partial charge in [0.25, 0.3) is 0 Å². The molecule has 0 amide bonds. The molecule has 0 bridgehead atoms. The van der Waals surface area contributed by atoms with Crippen LogP contribution in [-0.2, 0) is 0 Å². The summed E-state index contributed by atoms with van der Waals surface area (Å²) in [6.45, 7) is 0.159. The van der Waals surface area contributed by atoms with Gasteiger partial charge < -0.3 is 19.9 Å². The smallest absolute Gasteiger partial charge is 0.119 e. The van der Waals surface area contributed by atoms with E-state index < -0.39 is 0 Å². The highest BCUT2D eigenvalue weighted by Gasteiger charge is 2.38. The summed E-state index contributed by atoms with van der Waals surface area (Å²) in [5, 5.41) is 12.6. The minimum Gasteiger partial charge on any atom is -0.497 e. The molecule has 1 saturated carbocycles. The molecule has 1 aromatic carbocycles.